The average molecular weight is 459 g/mol. The van der Waals surface area contributed by atoms with Gasteiger partial charge in [-0.05, 0) is 24.1 Å². The molecule has 0 atom stereocenters. The van der Waals surface area contributed by atoms with Crippen molar-refractivity contribution in [2.75, 3.05) is 31.0 Å². The zero-order valence-corrected chi connectivity index (χ0v) is 19.3. The predicted molar refractivity (Wildman–Crippen MR) is 131 cm³/mol. The highest BCUT2D eigenvalue weighted by molar-refractivity contribution is 6.46. The van der Waals surface area contributed by atoms with Crippen molar-refractivity contribution in [3.63, 3.8) is 0 Å². The molecule has 7 heteroatoms. The van der Waals surface area contributed by atoms with E-state index in [0.29, 0.717) is 40.8 Å². The molecule has 0 unspecified atom stereocenters. The van der Waals surface area contributed by atoms with Crippen LogP contribution < -0.4 is 24.4 Å². The number of anilines is 2. The molecule has 174 valence electrons. The number of carbonyl (C=O) groups excluding carboxylic acids is 2. The van der Waals surface area contributed by atoms with Crippen molar-refractivity contribution in [3.8, 4) is 17.2 Å². The number of rotatable bonds is 9. The maximum absolute atomic E-state index is 13.6. The van der Waals surface area contributed by atoms with Gasteiger partial charge in [-0.15, -0.1) is 0 Å². The molecule has 0 bridgehead atoms. The number of hydrogen-bond donors (Lipinski definition) is 1. The van der Waals surface area contributed by atoms with Gasteiger partial charge in [-0.1, -0.05) is 43.3 Å². The first-order valence-electron chi connectivity index (χ1n) is 11.0. The van der Waals surface area contributed by atoms with Crippen LogP contribution in [0.1, 0.15) is 18.9 Å². The minimum absolute atomic E-state index is 0.173. The topological polar surface area (TPSA) is 77.1 Å². The summed E-state index contributed by atoms with van der Waals surface area (Å²) in [5.41, 5.74) is 2.09. The molecule has 1 aliphatic heterocycles. The fraction of sp³-hybridized carbons (Fsp3) is 0.185. The summed E-state index contributed by atoms with van der Waals surface area (Å²) >= 11 is 0. The maximum Gasteiger partial charge on any atom is 0.282 e. The number of hydrogen-bond acceptors (Lipinski definition) is 6. The molecule has 0 radical (unpaired) electrons. The highest BCUT2D eigenvalue weighted by Crippen LogP contribution is 2.36. The Morgan fingerprint density at radius 1 is 0.794 bits per heavy atom. The lowest BCUT2D eigenvalue weighted by Crippen LogP contribution is -2.32. The molecule has 0 fully saturated rings. The Morgan fingerprint density at radius 2 is 1.50 bits per heavy atom. The third-order valence-electron chi connectivity index (χ3n) is 5.32. The SMILES string of the molecule is CCCOc1cccc(N2C(=O)C(Nc3cc(OC)cc(OC)c3)=C(c3ccccc3)C2=O)c1. The van der Waals surface area contributed by atoms with E-state index >= 15 is 0 Å². The molecule has 0 aromatic heterocycles. The number of nitrogens with one attached hydrogen (secondary N) is 1. The number of carbonyl (C=O) groups is 2. The molecular formula is C27H26N2O5. The molecule has 1 N–H and O–H groups in total. The summed E-state index contributed by atoms with van der Waals surface area (Å²) in [5, 5.41) is 3.14. The van der Waals surface area contributed by atoms with E-state index < -0.39 is 11.8 Å². The van der Waals surface area contributed by atoms with Gasteiger partial charge in [0.2, 0.25) is 0 Å². The number of methoxy groups -OCH3 is 2. The Balaban J connectivity index is 1.77. The van der Waals surface area contributed by atoms with E-state index in [4.69, 9.17) is 14.2 Å². The van der Waals surface area contributed by atoms with Crippen LogP contribution in [0.15, 0.2) is 78.5 Å². The Kier molecular flexibility index (Phi) is 6.82. The highest BCUT2D eigenvalue weighted by atomic mass is 16.5. The van der Waals surface area contributed by atoms with Crippen LogP contribution in [0.3, 0.4) is 0 Å². The van der Waals surface area contributed by atoms with Crippen LogP contribution in [0.2, 0.25) is 0 Å². The second kappa shape index (κ2) is 10.1. The summed E-state index contributed by atoms with van der Waals surface area (Å²) in [7, 11) is 3.10. The van der Waals surface area contributed by atoms with E-state index in [9.17, 15) is 9.59 Å². The van der Waals surface area contributed by atoms with Crippen molar-refractivity contribution in [1.82, 2.24) is 0 Å². The molecule has 1 heterocycles. The number of imide groups is 1. The fourth-order valence-electron chi connectivity index (χ4n) is 3.71. The molecule has 0 saturated carbocycles. The van der Waals surface area contributed by atoms with Gasteiger partial charge in [0.05, 0.1) is 32.1 Å². The Labute approximate surface area is 198 Å². The van der Waals surface area contributed by atoms with Gasteiger partial charge in [0.15, 0.2) is 0 Å². The van der Waals surface area contributed by atoms with Crippen LogP contribution in [0.4, 0.5) is 11.4 Å². The molecule has 0 spiro atoms. The lowest BCUT2D eigenvalue weighted by Gasteiger charge is -2.17. The normalized spacial score (nSPS) is 13.3. The average Bonchev–Trinajstić information content (AvgIpc) is 3.11. The first kappa shape index (κ1) is 22.9. The number of amides is 2. The summed E-state index contributed by atoms with van der Waals surface area (Å²) in [6, 6.07) is 21.3. The van der Waals surface area contributed by atoms with Gasteiger partial charge in [0, 0.05) is 30.0 Å². The zero-order valence-electron chi connectivity index (χ0n) is 19.3. The summed E-state index contributed by atoms with van der Waals surface area (Å²) in [4.78, 5) is 28.4. The standard InChI is InChI=1S/C27H26N2O5/c1-4-13-34-21-12-8-11-20(16-21)29-26(30)24(18-9-6-5-7-10-18)25(27(29)31)28-19-14-22(32-2)17-23(15-19)33-3/h5-12,14-17,28H,4,13H2,1-3H3. The van der Waals surface area contributed by atoms with Gasteiger partial charge in [-0.3, -0.25) is 9.59 Å². The van der Waals surface area contributed by atoms with Crippen LogP contribution in [0.25, 0.3) is 5.57 Å². The summed E-state index contributed by atoms with van der Waals surface area (Å²) in [5.74, 6) is 0.830. The van der Waals surface area contributed by atoms with Crippen molar-refractivity contribution in [3.05, 3.63) is 84.1 Å². The first-order valence-corrected chi connectivity index (χ1v) is 11.0. The van der Waals surface area contributed by atoms with E-state index in [2.05, 4.69) is 5.32 Å². The first-order chi connectivity index (χ1) is 16.5. The Morgan fingerprint density at radius 3 is 2.15 bits per heavy atom. The van der Waals surface area contributed by atoms with Gasteiger partial charge in [0.25, 0.3) is 11.8 Å². The summed E-state index contributed by atoms with van der Waals surface area (Å²) in [6.07, 6.45) is 0.851. The maximum atomic E-state index is 13.6. The smallest absolute Gasteiger partial charge is 0.282 e. The third kappa shape index (κ3) is 4.59. The lowest BCUT2D eigenvalue weighted by atomic mass is 10.0. The minimum Gasteiger partial charge on any atom is -0.497 e. The zero-order chi connectivity index (χ0) is 24.1. The molecular weight excluding hydrogens is 432 g/mol. The van der Waals surface area contributed by atoms with Gasteiger partial charge in [-0.2, -0.15) is 0 Å². The molecule has 7 nitrogen and oxygen atoms in total. The van der Waals surface area contributed by atoms with Crippen LogP contribution in [-0.4, -0.2) is 32.6 Å². The Hall–Kier alpha value is -4.26. The molecule has 0 aliphatic carbocycles. The highest BCUT2D eigenvalue weighted by Gasteiger charge is 2.40. The molecule has 4 rings (SSSR count). The number of ether oxygens (including phenoxy) is 3. The monoisotopic (exact) mass is 458 g/mol. The fourth-order valence-corrected chi connectivity index (χ4v) is 3.71. The van der Waals surface area contributed by atoms with Crippen molar-refractivity contribution in [1.29, 1.82) is 0 Å². The van der Waals surface area contributed by atoms with Gasteiger partial charge in [0.1, 0.15) is 22.9 Å². The Bertz CT molecular complexity index is 1210. The molecule has 0 saturated heterocycles. The molecule has 1 aliphatic rings. The van der Waals surface area contributed by atoms with E-state index in [1.54, 1.807) is 68.8 Å². The predicted octanol–water partition coefficient (Wildman–Crippen LogP) is 4.89. The second-order valence-corrected chi connectivity index (χ2v) is 7.63. The van der Waals surface area contributed by atoms with Crippen LogP contribution in [-0.2, 0) is 9.59 Å². The van der Waals surface area contributed by atoms with Crippen molar-refractivity contribution < 1.29 is 23.8 Å². The molecule has 3 aromatic rings. The van der Waals surface area contributed by atoms with Crippen LogP contribution in [0, 0.1) is 0 Å². The second-order valence-electron chi connectivity index (χ2n) is 7.63. The largest absolute Gasteiger partial charge is 0.497 e. The number of benzene rings is 3. The van der Waals surface area contributed by atoms with Gasteiger partial charge >= 0.3 is 0 Å². The quantitative estimate of drug-likeness (QED) is 0.460. The van der Waals surface area contributed by atoms with Crippen LogP contribution in [0.5, 0.6) is 17.2 Å². The number of nitrogens with zero attached hydrogens (tertiary/aromatic N) is 1. The lowest BCUT2D eigenvalue weighted by molar-refractivity contribution is -0.120. The summed E-state index contributed by atoms with van der Waals surface area (Å²) < 4.78 is 16.4. The van der Waals surface area contributed by atoms with Gasteiger partial charge in [-0.25, -0.2) is 4.90 Å². The van der Waals surface area contributed by atoms with E-state index in [-0.39, 0.29) is 11.3 Å². The van der Waals surface area contributed by atoms with Gasteiger partial charge < -0.3 is 19.5 Å². The van der Waals surface area contributed by atoms with Crippen molar-refractivity contribution in [2.45, 2.75) is 13.3 Å². The molecule has 34 heavy (non-hydrogen) atoms. The third-order valence-corrected chi connectivity index (χ3v) is 5.32. The van der Waals surface area contributed by atoms with E-state index in [1.165, 1.54) is 4.90 Å². The minimum atomic E-state index is -0.460. The van der Waals surface area contributed by atoms with Crippen LogP contribution >= 0.6 is 0 Å². The van der Waals surface area contributed by atoms with E-state index in [1.807, 2.05) is 25.1 Å². The van der Waals surface area contributed by atoms with E-state index in [0.717, 1.165) is 6.42 Å². The van der Waals surface area contributed by atoms with Crippen molar-refractivity contribution in [2.24, 2.45) is 0 Å². The molecule has 2 amide bonds. The molecule has 3 aromatic carbocycles. The van der Waals surface area contributed by atoms with Crippen molar-refractivity contribution >= 4 is 28.8 Å². The summed E-state index contributed by atoms with van der Waals surface area (Å²) in [6.45, 7) is 2.56.